The van der Waals surface area contributed by atoms with E-state index in [1.54, 1.807) is 36.2 Å². The fraction of sp³-hybridized carbons (Fsp3) is 0.467. The number of nitrogens with one attached hydrogen (secondary N) is 2. The normalized spacial score (nSPS) is 15.0. The lowest BCUT2D eigenvalue weighted by molar-refractivity contribution is -0.133. The van der Waals surface area contributed by atoms with E-state index in [2.05, 4.69) is 10.6 Å². The Bertz CT molecular complexity index is 532. The van der Waals surface area contributed by atoms with E-state index in [-0.39, 0.29) is 24.9 Å². The van der Waals surface area contributed by atoms with Gasteiger partial charge in [0.15, 0.2) is 0 Å². The smallest absolute Gasteiger partial charge is 0.238 e. The Morgan fingerprint density at radius 2 is 1.95 bits per heavy atom. The van der Waals surface area contributed by atoms with Crippen LogP contribution in [0.3, 0.4) is 0 Å². The quantitative estimate of drug-likeness (QED) is 0.834. The zero-order valence-corrected chi connectivity index (χ0v) is 13.4. The van der Waals surface area contributed by atoms with Crippen LogP contribution >= 0.6 is 11.6 Å². The minimum atomic E-state index is -0.191. The molecule has 0 unspecified atom stereocenters. The van der Waals surface area contributed by atoms with Gasteiger partial charge in [0.25, 0.3) is 0 Å². The van der Waals surface area contributed by atoms with Crippen molar-refractivity contribution in [3.63, 3.8) is 0 Å². The number of hydrogen-bond acceptors (Lipinski definition) is 4. The van der Waals surface area contributed by atoms with Crippen LogP contribution in [0.15, 0.2) is 24.3 Å². The third-order valence-corrected chi connectivity index (χ3v) is 3.77. The number of benzene rings is 1. The Kier molecular flexibility index (Phi) is 6.18. The van der Waals surface area contributed by atoms with Crippen molar-refractivity contribution in [3.8, 4) is 0 Å². The van der Waals surface area contributed by atoms with E-state index in [4.69, 9.17) is 11.6 Å². The molecule has 22 heavy (non-hydrogen) atoms. The number of amides is 2. The first-order chi connectivity index (χ1) is 10.6. The number of piperazine rings is 1. The first kappa shape index (κ1) is 16.7. The van der Waals surface area contributed by atoms with Gasteiger partial charge in [-0.1, -0.05) is 23.7 Å². The monoisotopic (exact) mass is 324 g/mol. The standard InChI is InChI=1S/C15H21ClN4O2/c1-19(11-15(22)20-8-6-17-7-9-20)10-14(21)18-13-5-3-2-4-12(13)16/h2-5,17H,6-11H2,1H3,(H,18,21). The number of rotatable bonds is 5. The van der Waals surface area contributed by atoms with Crippen LogP contribution in [0, 0.1) is 0 Å². The third kappa shape index (κ3) is 4.98. The van der Waals surface area contributed by atoms with Crippen molar-refractivity contribution in [2.75, 3.05) is 51.6 Å². The molecule has 0 aromatic heterocycles. The molecule has 0 saturated carbocycles. The maximum Gasteiger partial charge on any atom is 0.238 e. The molecule has 2 rings (SSSR count). The molecule has 2 amide bonds. The van der Waals surface area contributed by atoms with Gasteiger partial charge in [-0.15, -0.1) is 0 Å². The first-order valence-electron chi connectivity index (χ1n) is 7.27. The molecule has 7 heteroatoms. The van der Waals surface area contributed by atoms with Gasteiger partial charge in [0.05, 0.1) is 23.8 Å². The summed E-state index contributed by atoms with van der Waals surface area (Å²) in [6.07, 6.45) is 0. The van der Waals surface area contributed by atoms with E-state index in [1.165, 1.54) is 0 Å². The van der Waals surface area contributed by atoms with Crippen LogP contribution in [-0.2, 0) is 9.59 Å². The Morgan fingerprint density at radius 3 is 2.64 bits per heavy atom. The van der Waals surface area contributed by atoms with E-state index in [1.807, 2.05) is 4.90 Å². The summed E-state index contributed by atoms with van der Waals surface area (Å²) in [6.45, 7) is 3.46. The van der Waals surface area contributed by atoms with Crippen molar-refractivity contribution in [1.82, 2.24) is 15.1 Å². The average molecular weight is 325 g/mol. The van der Waals surface area contributed by atoms with Gasteiger partial charge in [0.2, 0.25) is 11.8 Å². The minimum Gasteiger partial charge on any atom is -0.339 e. The Hall–Kier alpha value is -1.63. The number of anilines is 1. The Morgan fingerprint density at radius 1 is 1.27 bits per heavy atom. The molecule has 0 bridgehead atoms. The molecular weight excluding hydrogens is 304 g/mol. The first-order valence-corrected chi connectivity index (χ1v) is 7.65. The second kappa shape index (κ2) is 8.12. The van der Waals surface area contributed by atoms with Crippen molar-refractivity contribution in [3.05, 3.63) is 29.3 Å². The largest absolute Gasteiger partial charge is 0.339 e. The second-order valence-corrected chi connectivity index (χ2v) is 5.74. The van der Waals surface area contributed by atoms with Gasteiger partial charge in [-0.05, 0) is 19.2 Å². The molecule has 1 heterocycles. The van der Waals surface area contributed by atoms with Gasteiger partial charge >= 0.3 is 0 Å². The molecule has 1 aliphatic rings. The summed E-state index contributed by atoms with van der Waals surface area (Å²) in [7, 11) is 1.76. The Balaban J connectivity index is 1.78. The molecule has 0 spiro atoms. The summed E-state index contributed by atoms with van der Waals surface area (Å²) in [5.74, 6) is -0.141. The number of likely N-dealkylation sites (N-methyl/N-ethyl adjacent to an activating group) is 1. The fourth-order valence-corrected chi connectivity index (χ4v) is 2.48. The SMILES string of the molecule is CN(CC(=O)Nc1ccccc1Cl)CC(=O)N1CCNCC1. The van der Waals surface area contributed by atoms with Gasteiger partial charge in [0, 0.05) is 26.2 Å². The van der Waals surface area contributed by atoms with Gasteiger partial charge in [-0.2, -0.15) is 0 Å². The maximum atomic E-state index is 12.1. The number of carbonyl (C=O) groups excluding carboxylic acids is 2. The highest BCUT2D eigenvalue weighted by Gasteiger charge is 2.18. The fourth-order valence-electron chi connectivity index (χ4n) is 2.30. The zero-order chi connectivity index (χ0) is 15.9. The van der Waals surface area contributed by atoms with Crippen molar-refractivity contribution in [2.24, 2.45) is 0 Å². The molecule has 6 nitrogen and oxygen atoms in total. The molecule has 120 valence electrons. The highest BCUT2D eigenvalue weighted by atomic mass is 35.5. The molecule has 1 saturated heterocycles. The molecule has 1 fully saturated rings. The van der Waals surface area contributed by atoms with Gasteiger partial charge in [0.1, 0.15) is 0 Å². The zero-order valence-electron chi connectivity index (χ0n) is 12.6. The summed E-state index contributed by atoms with van der Waals surface area (Å²) >= 11 is 6.00. The number of halogens is 1. The lowest BCUT2D eigenvalue weighted by Crippen LogP contribution is -2.49. The van der Waals surface area contributed by atoms with E-state index in [0.717, 1.165) is 26.2 Å². The molecular formula is C15H21ClN4O2. The minimum absolute atomic E-state index is 0.0505. The maximum absolute atomic E-state index is 12.1. The van der Waals surface area contributed by atoms with E-state index in [9.17, 15) is 9.59 Å². The van der Waals surface area contributed by atoms with Gasteiger partial charge in [-0.3, -0.25) is 14.5 Å². The van der Waals surface area contributed by atoms with Crippen LogP contribution in [0.2, 0.25) is 5.02 Å². The Labute approximate surface area is 135 Å². The summed E-state index contributed by atoms with van der Waals surface area (Å²) in [5.41, 5.74) is 0.580. The molecule has 1 aromatic rings. The second-order valence-electron chi connectivity index (χ2n) is 5.33. The predicted molar refractivity (Wildman–Crippen MR) is 87.0 cm³/mol. The summed E-state index contributed by atoms with van der Waals surface area (Å²) < 4.78 is 0. The molecule has 0 aliphatic carbocycles. The lowest BCUT2D eigenvalue weighted by Gasteiger charge is -2.29. The molecule has 0 radical (unpaired) electrons. The van der Waals surface area contributed by atoms with E-state index < -0.39 is 0 Å². The molecule has 0 atom stereocenters. The third-order valence-electron chi connectivity index (χ3n) is 3.44. The lowest BCUT2D eigenvalue weighted by atomic mass is 10.3. The summed E-state index contributed by atoms with van der Waals surface area (Å²) in [6, 6.07) is 7.07. The number of carbonyl (C=O) groups is 2. The van der Waals surface area contributed by atoms with Crippen molar-refractivity contribution in [1.29, 1.82) is 0 Å². The number of hydrogen-bond donors (Lipinski definition) is 2. The highest BCUT2D eigenvalue weighted by Crippen LogP contribution is 2.20. The van der Waals surface area contributed by atoms with Crippen molar-refractivity contribution < 1.29 is 9.59 Å². The summed E-state index contributed by atoms with van der Waals surface area (Å²) in [4.78, 5) is 27.6. The van der Waals surface area contributed by atoms with Crippen molar-refractivity contribution >= 4 is 29.1 Å². The van der Waals surface area contributed by atoms with Crippen LogP contribution in [-0.4, -0.2) is 67.9 Å². The topological polar surface area (TPSA) is 64.7 Å². The predicted octanol–water partition coefficient (Wildman–Crippen LogP) is 0.642. The molecule has 1 aliphatic heterocycles. The average Bonchev–Trinajstić information content (AvgIpc) is 2.50. The highest BCUT2D eigenvalue weighted by molar-refractivity contribution is 6.33. The summed E-state index contributed by atoms with van der Waals surface area (Å²) in [5, 5.41) is 6.45. The molecule has 2 N–H and O–H groups in total. The van der Waals surface area contributed by atoms with E-state index in [0.29, 0.717) is 10.7 Å². The van der Waals surface area contributed by atoms with Crippen molar-refractivity contribution in [2.45, 2.75) is 0 Å². The van der Waals surface area contributed by atoms with Crippen LogP contribution in [0.25, 0.3) is 0 Å². The van der Waals surface area contributed by atoms with E-state index >= 15 is 0 Å². The van der Waals surface area contributed by atoms with Crippen LogP contribution in [0.5, 0.6) is 0 Å². The van der Waals surface area contributed by atoms with Crippen LogP contribution < -0.4 is 10.6 Å². The van der Waals surface area contributed by atoms with Gasteiger partial charge in [-0.25, -0.2) is 0 Å². The number of nitrogens with zero attached hydrogens (tertiary/aromatic N) is 2. The van der Waals surface area contributed by atoms with Crippen LogP contribution in [0.4, 0.5) is 5.69 Å². The van der Waals surface area contributed by atoms with Gasteiger partial charge < -0.3 is 15.5 Å². The molecule has 1 aromatic carbocycles. The van der Waals surface area contributed by atoms with Crippen LogP contribution in [0.1, 0.15) is 0 Å². The number of para-hydroxylation sites is 1.